The van der Waals surface area contributed by atoms with Crippen molar-refractivity contribution in [1.29, 1.82) is 0 Å². The van der Waals surface area contributed by atoms with Gasteiger partial charge in [-0.15, -0.1) is 0 Å². The van der Waals surface area contributed by atoms with Crippen LogP contribution in [0.5, 0.6) is 11.5 Å². The lowest BCUT2D eigenvalue weighted by Gasteiger charge is -2.08. The molecule has 2 rings (SSSR count). The molecule has 0 amide bonds. The standard InChI is InChI=1S/C17H18O5S/c1-12-4-6-16(7-5-12)23(19,20)11-17(18)13-8-14(21-2)10-15(9-13)22-3/h4-10H,11H2,1-3H3. The molecule has 2 aromatic rings. The summed E-state index contributed by atoms with van der Waals surface area (Å²) in [6, 6.07) is 11.0. The number of ketones is 1. The van der Waals surface area contributed by atoms with Crippen molar-refractivity contribution in [1.82, 2.24) is 0 Å². The van der Waals surface area contributed by atoms with Crippen molar-refractivity contribution in [2.75, 3.05) is 20.0 Å². The molecule has 0 spiro atoms. The Labute approximate surface area is 135 Å². The quantitative estimate of drug-likeness (QED) is 0.760. The van der Waals surface area contributed by atoms with E-state index >= 15 is 0 Å². The van der Waals surface area contributed by atoms with Crippen LogP contribution >= 0.6 is 0 Å². The molecule has 5 nitrogen and oxygen atoms in total. The third-order valence-corrected chi connectivity index (χ3v) is 5.01. The highest BCUT2D eigenvalue weighted by Crippen LogP contribution is 2.23. The van der Waals surface area contributed by atoms with Gasteiger partial charge in [-0.25, -0.2) is 8.42 Å². The van der Waals surface area contributed by atoms with Gasteiger partial charge in [-0.05, 0) is 31.2 Å². The molecule has 0 heterocycles. The Morgan fingerprint density at radius 1 is 0.957 bits per heavy atom. The first-order chi connectivity index (χ1) is 10.9. The van der Waals surface area contributed by atoms with Crippen LogP contribution in [-0.4, -0.2) is 34.2 Å². The van der Waals surface area contributed by atoms with Crippen molar-refractivity contribution in [3.8, 4) is 11.5 Å². The summed E-state index contributed by atoms with van der Waals surface area (Å²) < 4.78 is 34.9. The second-order valence-electron chi connectivity index (χ2n) is 5.10. The van der Waals surface area contributed by atoms with E-state index in [4.69, 9.17) is 9.47 Å². The lowest BCUT2D eigenvalue weighted by Crippen LogP contribution is -2.16. The Morgan fingerprint density at radius 3 is 1.96 bits per heavy atom. The molecular formula is C17H18O5S. The maximum atomic E-state index is 12.4. The van der Waals surface area contributed by atoms with E-state index in [1.54, 1.807) is 18.2 Å². The van der Waals surface area contributed by atoms with Gasteiger partial charge >= 0.3 is 0 Å². The van der Waals surface area contributed by atoms with E-state index in [2.05, 4.69) is 0 Å². The van der Waals surface area contributed by atoms with Crippen molar-refractivity contribution in [3.05, 3.63) is 53.6 Å². The average molecular weight is 334 g/mol. The number of aryl methyl sites for hydroxylation is 1. The Bertz CT molecular complexity index is 785. The molecule has 0 saturated carbocycles. The van der Waals surface area contributed by atoms with Crippen molar-refractivity contribution >= 4 is 15.6 Å². The summed E-state index contributed by atoms with van der Waals surface area (Å²) in [7, 11) is -0.766. The van der Waals surface area contributed by atoms with Crippen LogP contribution in [0.3, 0.4) is 0 Å². The van der Waals surface area contributed by atoms with Gasteiger partial charge in [0.1, 0.15) is 17.3 Å². The number of ether oxygens (including phenoxy) is 2. The number of Topliss-reactive ketones (excluding diaryl/α,β-unsaturated/α-hetero) is 1. The highest BCUT2D eigenvalue weighted by atomic mass is 32.2. The van der Waals surface area contributed by atoms with E-state index in [-0.39, 0.29) is 10.5 Å². The fourth-order valence-corrected chi connectivity index (χ4v) is 3.28. The van der Waals surface area contributed by atoms with Gasteiger partial charge in [-0.2, -0.15) is 0 Å². The summed E-state index contributed by atoms with van der Waals surface area (Å²) in [4.78, 5) is 12.5. The highest BCUT2D eigenvalue weighted by Gasteiger charge is 2.21. The molecule has 0 saturated heterocycles. The van der Waals surface area contributed by atoms with Crippen molar-refractivity contribution in [2.24, 2.45) is 0 Å². The van der Waals surface area contributed by atoms with E-state index in [9.17, 15) is 13.2 Å². The number of carbonyl (C=O) groups excluding carboxylic acids is 1. The Morgan fingerprint density at radius 2 is 1.48 bits per heavy atom. The lowest BCUT2D eigenvalue weighted by molar-refractivity contribution is 0.102. The van der Waals surface area contributed by atoms with Crippen LogP contribution in [0, 0.1) is 6.92 Å². The number of methoxy groups -OCH3 is 2. The lowest BCUT2D eigenvalue weighted by atomic mass is 10.1. The van der Waals surface area contributed by atoms with Crippen molar-refractivity contribution in [3.63, 3.8) is 0 Å². The topological polar surface area (TPSA) is 69.7 Å². The van der Waals surface area contributed by atoms with Crippen LogP contribution < -0.4 is 9.47 Å². The molecule has 23 heavy (non-hydrogen) atoms. The number of hydrogen-bond donors (Lipinski definition) is 0. The number of rotatable bonds is 6. The third-order valence-electron chi connectivity index (χ3n) is 3.37. The van der Waals surface area contributed by atoms with Crippen molar-refractivity contribution in [2.45, 2.75) is 11.8 Å². The molecule has 0 aromatic heterocycles. The van der Waals surface area contributed by atoms with Crippen LogP contribution in [0.2, 0.25) is 0 Å². The van der Waals surface area contributed by atoms with Gasteiger partial charge in [0.05, 0.1) is 19.1 Å². The van der Waals surface area contributed by atoms with E-state index in [0.717, 1.165) is 5.56 Å². The van der Waals surface area contributed by atoms with Gasteiger partial charge in [0, 0.05) is 11.6 Å². The molecule has 0 aliphatic heterocycles. The zero-order chi connectivity index (χ0) is 17.0. The third kappa shape index (κ3) is 4.10. The Hall–Kier alpha value is -2.34. The first kappa shape index (κ1) is 17.0. The summed E-state index contributed by atoms with van der Waals surface area (Å²) in [5.41, 5.74) is 1.18. The van der Waals surface area contributed by atoms with Gasteiger partial charge in [0.2, 0.25) is 0 Å². The molecule has 6 heteroatoms. The van der Waals surface area contributed by atoms with Gasteiger partial charge in [-0.3, -0.25) is 4.79 Å². The average Bonchev–Trinajstić information content (AvgIpc) is 2.54. The predicted octanol–water partition coefficient (Wildman–Crippen LogP) is 2.67. The van der Waals surface area contributed by atoms with Crippen LogP contribution in [-0.2, 0) is 9.84 Å². The smallest absolute Gasteiger partial charge is 0.185 e. The van der Waals surface area contributed by atoms with Gasteiger partial charge in [0.25, 0.3) is 0 Å². The number of carbonyl (C=O) groups is 1. The number of benzene rings is 2. The van der Waals surface area contributed by atoms with Crippen molar-refractivity contribution < 1.29 is 22.7 Å². The fraction of sp³-hybridized carbons (Fsp3) is 0.235. The molecule has 0 bridgehead atoms. The molecule has 0 radical (unpaired) electrons. The first-order valence-electron chi connectivity index (χ1n) is 6.91. The van der Waals surface area contributed by atoms with E-state index in [1.807, 2.05) is 6.92 Å². The molecular weight excluding hydrogens is 316 g/mol. The Kier molecular flexibility index (Phi) is 5.05. The molecule has 0 fully saturated rings. The molecule has 2 aromatic carbocycles. The maximum absolute atomic E-state index is 12.4. The summed E-state index contributed by atoms with van der Waals surface area (Å²) >= 11 is 0. The van der Waals surface area contributed by atoms with Gasteiger partial charge in [-0.1, -0.05) is 17.7 Å². The zero-order valence-corrected chi connectivity index (χ0v) is 14.0. The minimum Gasteiger partial charge on any atom is -0.497 e. The van der Waals surface area contributed by atoms with E-state index in [1.165, 1.54) is 38.5 Å². The number of hydrogen-bond acceptors (Lipinski definition) is 5. The fourth-order valence-electron chi connectivity index (χ4n) is 2.05. The second kappa shape index (κ2) is 6.83. The Balaban J connectivity index is 2.29. The van der Waals surface area contributed by atoms with Gasteiger partial charge in [0.15, 0.2) is 15.6 Å². The van der Waals surface area contributed by atoms with Gasteiger partial charge < -0.3 is 9.47 Å². The largest absolute Gasteiger partial charge is 0.497 e. The summed E-state index contributed by atoms with van der Waals surface area (Å²) in [5.74, 6) is -0.254. The van der Waals surface area contributed by atoms with E-state index in [0.29, 0.717) is 11.5 Å². The molecule has 0 aliphatic carbocycles. The minimum atomic E-state index is -3.69. The zero-order valence-electron chi connectivity index (χ0n) is 13.2. The molecule has 122 valence electrons. The molecule has 0 aliphatic rings. The summed E-state index contributed by atoms with van der Waals surface area (Å²) in [6.07, 6.45) is 0. The SMILES string of the molecule is COc1cc(OC)cc(C(=O)CS(=O)(=O)c2ccc(C)cc2)c1. The minimum absolute atomic E-state index is 0.131. The second-order valence-corrected chi connectivity index (χ2v) is 7.09. The predicted molar refractivity (Wildman–Crippen MR) is 87.1 cm³/mol. The monoisotopic (exact) mass is 334 g/mol. The molecule has 0 unspecified atom stereocenters. The summed E-state index contributed by atoms with van der Waals surface area (Å²) in [6.45, 7) is 1.87. The maximum Gasteiger partial charge on any atom is 0.185 e. The van der Waals surface area contributed by atoms with Crippen LogP contribution in [0.1, 0.15) is 15.9 Å². The van der Waals surface area contributed by atoms with Crippen LogP contribution in [0.25, 0.3) is 0 Å². The first-order valence-corrected chi connectivity index (χ1v) is 8.56. The van der Waals surface area contributed by atoms with Crippen LogP contribution in [0.4, 0.5) is 0 Å². The number of sulfone groups is 1. The van der Waals surface area contributed by atoms with E-state index < -0.39 is 21.4 Å². The van der Waals surface area contributed by atoms with Crippen LogP contribution in [0.15, 0.2) is 47.4 Å². The normalized spacial score (nSPS) is 11.1. The molecule has 0 N–H and O–H groups in total. The molecule has 0 atom stereocenters. The summed E-state index contributed by atoms with van der Waals surface area (Å²) in [5, 5.41) is 0. The highest BCUT2D eigenvalue weighted by molar-refractivity contribution is 7.92.